The third-order valence-corrected chi connectivity index (χ3v) is 4.15. The lowest BCUT2D eigenvalue weighted by Crippen LogP contribution is -2.22. The average molecular weight is 319 g/mol. The molecule has 2 aromatic heterocycles. The van der Waals surface area contributed by atoms with Crippen molar-refractivity contribution < 1.29 is 4.74 Å². The van der Waals surface area contributed by atoms with E-state index in [2.05, 4.69) is 4.98 Å². The van der Waals surface area contributed by atoms with Crippen molar-refractivity contribution >= 4 is 16.7 Å². The lowest BCUT2D eigenvalue weighted by atomic mass is 10.2. The van der Waals surface area contributed by atoms with Crippen molar-refractivity contribution in [3.05, 3.63) is 70.8 Å². The first-order valence-corrected chi connectivity index (χ1v) is 7.91. The van der Waals surface area contributed by atoms with Crippen LogP contribution >= 0.6 is 0 Å². The Labute approximate surface area is 138 Å². The van der Waals surface area contributed by atoms with Crippen molar-refractivity contribution in [3.63, 3.8) is 0 Å². The van der Waals surface area contributed by atoms with E-state index in [1.165, 1.54) is 0 Å². The minimum absolute atomic E-state index is 0.143. The summed E-state index contributed by atoms with van der Waals surface area (Å²) in [6, 6.07) is 13.6. The van der Waals surface area contributed by atoms with Crippen molar-refractivity contribution in [1.82, 2.24) is 14.0 Å². The fourth-order valence-electron chi connectivity index (χ4n) is 3.06. The molecule has 120 valence electrons. The van der Waals surface area contributed by atoms with Crippen molar-refractivity contribution in [3.8, 4) is 11.4 Å². The summed E-state index contributed by atoms with van der Waals surface area (Å²) >= 11 is 0. The number of hydrogen-bond acceptors (Lipinski definition) is 3. The molecule has 0 saturated heterocycles. The van der Waals surface area contributed by atoms with Crippen LogP contribution in [0.2, 0.25) is 0 Å². The Morgan fingerprint density at radius 1 is 1.12 bits per heavy atom. The Bertz CT molecular complexity index is 1110. The molecule has 0 aliphatic rings. The van der Waals surface area contributed by atoms with E-state index in [4.69, 9.17) is 4.74 Å². The van der Waals surface area contributed by atoms with E-state index >= 15 is 0 Å². The highest BCUT2D eigenvalue weighted by Crippen LogP contribution is 2.24. The smallest absolute Gasteiger partial charge is 0.299 e. The van der Waals surface area contributed by atoms with Crippen LogP contribution in [0.5, 0.6) is 5.75 Å². The van der Waals surface area contributed by atoms with Crippen LogP contribution in [0.4, 0.5) is 0 Å². The van der Waals surface area contributed by atoms with Crippen LogP contribution in [0.25, 0.3) is 22.4 Å². The molecule has 0 bridgehead atoms. The molecule has 0 aliphatic carbocycles. The number of hydrogen-bond donors (Lipinski definition) is 0. The van der Waals surface area contributed by atoms with Crippen LogP contribution in [0, 0.1) is 6.92 Å². The third-order valence-electron chi connectivity index (χ3n) is 4.15. The highest BCUT2D eigenvalue weighted by molar-refractivity contribution is 5.81. The first-order chi connectivity index (χ1) is 11.7. The van der Waals surface area contributed by atoms with E-state index in [0.29, 0.717) is 12.3 Å². The zero-order valence-corrected chi connectivity index (χ0v) is 13.6. The summed E-state index contributed by atoms with van der Waals surface area (Å²) in [4.78, 5) is 17.3. The maximum absolute atomic E-state index is 13.1. The van der Waals surface area contributed by atoms with Crippen LogP contribution in [-0.4, -0.2) is 20.6 Å². The number of ether oxygens (including phenoxy) is 1. The Kier molecular flexibility index (Phi) is 3.34. The second kappa shape index (κ2) is 5.53. The van der Waals surface area contributed by atoms with E-state index in [1.807, 2.05) is 66.9 Å². The van der Waals surface area contributed by atoms with Gasteiger partial charge in [0.2, 0.25) is 5.65 Å². The number of para-hydroxylation sites is 1. The number of aromatic nitrogens is 3. The van der Waals surface area contributed by atoms with Crippen LogP contribution in [0.3, 0.4) is 0 Å². The van der Waals surface area contributed by atoms with Gasteiger partial charge in [0, 0.05) is 18.5 Å². The van der Waals surface area contributed by atoms with Crippen LogP contribution in [0.15, 0.2) is 59.7 Å². The molecule has 4 aromatic rings. The second-order valence-electron chi connectivity index (χ2n) is 5.63. The minimum Gasteiger partial charge on any atom is -0.494 e. The van der Waals surface area contributed by atoms with E-state index < -0.39 is 0 Å². The number of fused-ring (bicyclic) bond motifs is 3. The topological polar surface area (TPSA) is 48.5 Å². The minimum atomic E-state index is -0.143. The monoisotopic (exact) mass is 319 g/mol. The quantitative estimate of drug-likeness (QED) is 0.582. The normalized spacial score (nSPS) is 11.2. The Morgan fingerprint density at radius 2 is 1.96 bits per heavy atom. The fraction of sp³-hybridized carbons (Fsp3) is 0.158. The standard InChI is InChI=1S/C19H17N3O2/c1-3-24-14-8-9-16-17(12-14)22(15-7-5-4-6-13(15)2)19(23)18-20-10-11-21(16)18/h4-12H,3H2,1-2H3. The molecule has 5 nitrogen and oxygen atoms in total. The third kappa shape index (κ3) is 2.09. The molecule has 0 atom stereocenters. The van der Waals surface area contributed by atoms with E-state index in [-0.39, 0.29) is 5.56 Å². The molecule has 5 heteroatoms. The molecule has 24 heavy (non-hydrogen) atoms. The number of rotatable bonds is 3. The number of imidazole rings is 1. The molecule has 0 fully saturated rings. The van der Waals surface area contributed by atoms with Gasteiger partial charge >= 0.3 is 0 Å². The fourth-order valence-corrected chi connectivity index (χ4v) is 3.06. The highest BCUT2D eigenvalue weighted by Gasteiger charge is 2.15. The predicted octanol–water partition coefficient (Wildman–Crippen LogP) is 3.35. The van der Waals surface area contributed by atoms with E-state index in [1.54, 1.807) is 10.8 Å². The van der Waals surface area contributed by atoms with Crippen molar-refractivity contribution in [1.29, 1.82) is 0 Å². The molecule has 0 radical (unpaired) electrons. The van der Waals surface area contributed by atoms with Gasteiger partial charge in [-0.1, -0.05) is 18.2 Å². The van der Waals surface area contributed by atoms with Gasteiger partial charge in [-0.3, -0.25) is 13.8 Å². The molecule has 0 N–H and O–H groups in total. The molecule has 2 aromatic carbocycles. The summed E-state index contributed by atoms with van der Waals surface area (Å²) in [7, 11) is 0. The zero-order chi connectivity index (χ0) is 16.7. The molecule has 0 saturated carbocycles. The summed E-state index contributed by atoms with van der Waals surface area (Å²) in [5, 5.41) is 0. The van der Waals surface area contributed by atoms with Gasteiger partial charge in [-0.25, -0.2) is 4.98 Å². The number of benzene rings is 2. The highest BCUT2D eigenvalue weighted by atomic mass is 16.5. The van der Waals surface area contributed by atoms with E-state index in [9.17, 15) is 4.79 Å². The summed E-state index contributed by atoms with van der Waals surface area (Å²) in [6.45, 7) is 4.51. The number of nitrogens with zero attached hydrogens (tertiary/aromatic N) is 3. The van der Waals surface area contributed by atoms with Gasteiger partial charge in [0.1, 0.15) is 5.75 Å². The molecule has 0 spiro atoms. The molecular weight excluding hydrogens is 302 g/mol. The van der Waals surface area contributed by atoms with Gasteiger partial charge in [-0.15, -0.1) is 0 Å². The summed E-state index contributed by atoms with van der Waals surface area (Å²) in [5.41, 5.74) is 3.86. The molecule has 4 rings (SSSR count). The summed E-state index contributed by atoms with van der Waals surface area (Å²) < 4.78 is 9.17. The Hall–Kier alpha value is -3.08. The molecule has 0 unspecified atom stereocenters. The van der Waals surface area contributed by atoms with Crippen molar-refractivity contribution in [2.45, 2.75) is 13.8 Å². The largest absolute Gasteiger partial charge is 0.494 e. The van der Waals surface area contributed by atoms with Gasteiger partial charge in [0.25, 0.3) is 5.56 Å². The average Bonchev–Trinajstić information content (AvgIpc) is 3.07. The van der Waals surface area contributed by atoms with Gasteiger partial charge < -0.3 is 4.74 Å². The summed E-state index contributed by atoms with van der Waals surface area (Å²) in [6.07, 6.45) is 3.45. The Balaban J connectivity index is 2.19. The maximum Gasteiger partial charge on any atom is 0.299 e. The van der Waals surface area contributed by atoms with Crippen LogP contribution in [-0.2, 0) is 0 Å². The predicted molar refractivity (Wildman–Crippen MR) is 94.2 cm³/mol. The van der Waals surface area contributed by atoms with Gasteiger partial charge in [0.15, 0.2) is 0 Å². The lowest BCUT2D eigenvalue weighted by molar-refractivity contribution is 0.340. The zero-order valence-electron chi connectivity index (χ0n) is 13.6. The number of aryl methyl sites for hydroxylation is 1. The first-order valence-electron chi connectivity index (χ1n) is 7.91. The summed E-state index contributed by atoms with van der Waals surface area (Å²) in [5.74, 6) is 0.742. The van der Waals surface area contributed by atoms with Crippen molar-refractivity contribution in [2.75, 3.05) is 6.61 Å². The van der Waals surface area contributed by atoms with E-state index in [0.717, 1.165) is 28.0 Å². The molecule has 0 aliphatic heterocycles. The van der Waals surface area contributed by atoms with Gasteiger partial charge in [-0.2, -0.15) is 0 Å². The molecule has 2 heterocycles. The first kappa shape index (κ1) is 14.5. The maximum atomic E-state index is 13.1. The van der Waals surface area contributed by atoms with Gasteiger partial charge in [0.05, 0.1) is 23.3 Å². The lowest BCUT2D eigenvalue weighted by Gasteiger charge is -2.15. The van der Waals surface area contributed by atoms with Gasteiger partial charge in [-0.05, 0) is 37.6 Å². The van der Waals surface area contributed by atoms with Crippen molar-refractivity contribution in [2.24, 2.45) is 0 Å². The second-order valence-corrected chi connectivity index (χ2v) is 5.63. The SMILES string of the molecule is CCOc1ccc2c(c1)n(-c1ccccc1C)c(=O)c1nccn12. The van der Waals surface area contributed by atoms with Crippen LogP contribution in [0.1, 0.15) is 12.5 Å². The molecular formula is C19H17N3O2. The Morgan fingerprint density at radius 3 is 2.75 bits per heavy atom. The molecule has 0 amide bonds. The van der Waals surface area contributed by atoms with Crippen LogP contribution < -0.4 is 10.3 Å².